The summed E-state index contributed by atoms with van der Waals surface area (Å²) in [5.41, 5.74) is 1.47. The molecule has 2 saturated heterocycles. The second kappa shape index (κ2) is 5.95. The lowest BCUT2D eigenvalue weighted by molar-refractivity contribution is 0.0631. The first kappa shape index (κ1) is 14.7. The van der Waals surface area contributed by atoms with E-state index in [1.54, 1.807) is 0 Å². The van der Waals surface area contributed by atoms with E-state index in [9.17, 15) is 0 Å². The molecule has 22 heavy (non-hydrogen) atoms. The quantitative estimate of drug-likeness (QED) is 0.923. The van der Waals surface area contributed by atoms with Gasteiger partial charge < -0.3 is 9.84 Å². The Morgan fingerprint density at radius 1 is 1.32 bits per heavy atom. The van der Waals surface area contributed by atoms with Gasteiger partial charge in [-0.3, -0.25) is 9.80 Å². The summed E-state index contributed by atoms with van der Waals surface area (Å²) in [6.07, 6.45) is 6.32. The molecule has 0 atom stereocenters. The summed E-state index contributed by atoms with van der Waals surface area (Å²) >= 11 is 0. The summed E-state index contributed by atoms with van der Waals surface area (Å²) < 4.78 is 5.52. The van der Waals surface area contributed by atoms with E-state index in [-0.39, 0.29) is 0 Å². The van der Waals surface area contributed by atoms with Crippen LogP contribution in [0.5, 0.6) is 0 Å². The number of rotatable bonds is 3. The monoisotopic (exact) mass is 304 g/mol. The Bertz CT molecular complexity index is 505. The van der Waals surface area contributed by atoms with Crippen LogP contribution in [0.4, 0.5) is 0 Å². The van der Waals surface area contributed by atoms with E-state index in [4.69, 9.17) is 4.52 Å². The van der Waals surface area contributed by atoms with Gasteiger partial charge in [-0.05, 0) is 65.3 Å². The van der Waals surface area contributed by atoms with E-state index in [0.29, 0.717) is 11.5 Å². The van der Waals surface area contributed by atoms with Gasteiger partial charge in [0.15, 0.2) is 0 Å². The van der Waals surface area contributed by atoms with E-state index >= 15 is 0 Å². The SMILES string of the molecule is CN1CCCN(Cc2cc(C3CC3)on2)CC12CCNCC2. The maximum Gasteiger partial charge on any atom is 0.140 e. The lowest BCUT2D eigenvalue weighted by Gasteiger charge is -2.45. The number of nitrogens with one attached hydrogen (secondary N) is 1. The van der Waals surface area contributed by atoms with Gasteiger partial charge in [0.2, 0.25) is 0 Å². The molecule has 0 aromatic carbocycles. The van der Waals surface area contributed by atoms with Crippen molar-refractivity contribution in [1.82, 2.24) is 20.3 Å². The Morgan fingerprint density at radius 3 is 2.91 bits per heavy atom. The first-order chi connectivity index (χ1) is 10.8. The summed E-state index contributed by atoms with van der Waals surface area (Å²) in [6.45, 7) is 6.78. The highest BCUT2D eigenvalue weighted by atomic mass is 16.5. The van der Waals surface area contributed by atoms with Crippen LogP contribution in [0.1, 0.15) is 49.5 Å². The van der Waals surface area contributed by atoms with Crippen LogP contribution in [-0.4, -0.2) is 60.3 Å². The third-order valence-electron chi connectivity index (χ3n) is 5.77. The molecule has 122 valence electrons. The van der Waals surface area contributed by atoms with Crippen molar-refractivity contribution in [2.75, 3.05) is 39.8 Å². The highest BCUT2D eigenvalue weighted by Gasteiger charge is 2.39. The van der Waals surface area contributed by atoms with E-state index < -0.39 is 0 Å². The van der Waals surface area contributed by atoms with Crippen molar-refractivity contribution in [2.24, 2.45) is 0 Å². The van der Waals surface area contributed by atoms with Gasteiger partial charge >= 0.3 is 0 Å². The second-order valence-electron chi connectivity index (χ2n) is 7.45. The van der Waals surface area contributed by atoms with Gasteiger partial charge in [0, 0.05) is 30.6 Å². The smallest absolute Gasteiger partial charge is 0.140 e. The van der Waals surface area contributed by atoms with Crippen molar-refractivity contribution in [3.63, 3.8) is 0 Å². The molecule has 5 nitrogen and oxygen atoms in total. The highest BCUT2D eigenvalue weighted by Crippen LogP contribution is 2.40. The molecule has 0 radical (unpaired) electrons. The fourth-order valence-electron chi connectivity index (χ4n) is 4.14. The largest absolute Gasteiger partial charge is 0.361 e. The van der Waals surface area contributed by atoms with Crippen molar-refractivity contribution in [3.8, 4) is 0 Å². The Hall–Kier alpha value is -0.910. The topological polar surface area (TPSA) is 44.5 Å². The zero-order valence-electron chi connectivity index (χ0n) is 13.7. The van der Waals surface area contributed by atoms with Gasteiger partial charge in [0.1, 0.15) is 5.76 Å². The van der Waals surface area contributed by atoms with Crippen molar-refractivity contribution in [1.29, 1.82) is 0 Å². The van der Waals surface area contributed by atoms with Crippen LogP contribution in [0, 0.1) is 0 Å². The van der Waals surface area contributed by atoms with Crippen molar-refractivity contribution in [3.05, 3.63) is 17.5 Å². The molecule has 3 aliphatic rings. The van der Waals surface area contributed by atoms with Crippen LogP contribution in [0.2, 0.25) is 0 Å². The third kappa shape index (κ3) is 2.94. The summed E-state index contributed by atoms with van der Waals surface area (Å²) in [4.78, 5) is 5.22. The Balaban J connectivity index is 1.45. The summed E-state index contributed by atoms with van der Waals surface area (Å²) in [5.74, 6) is 1.77. The molecule has 1 aromatic rings. The van der Waals surface area contributed by atoms with Crippen molar-refractivity contribution >= 4 is 0 Å². The van der Waals surface area contributed by atoms with Gasteiger partial charge in [0.05, 0.1) is 5.69 Å². The lowest BCUT2D eigenvalue weighted by atomic mass is 9.86. The summed E-state index contributed by atoms with van der Waals surface area (Å²) in [6, 6.07) is 2.20. The predicted octanol–water partition coefficient (Wildman–Crippen LogP) is 1.81. The van der Waals surface area contributed by atoms with Gasteiger partial charge in [-0.1, -0.05) is 5.16 Å². The molecule has 5 heteroatoms. The number of hydrogen-bond donors (Lipinski definition) is 1. The van der Waals surface area contributed by atoms with Gasteiger partial charge in [-0.15, -0.1) is 0 Å². The van der Waals surface area contributed by atoms with Crippen LogP contribution in [0.15, 0.2) is 10.6 Å². The number of piperidine rings is 1. The highest BCUT2D eigenvalue weighted by molar-refractivity contribution is 5.14. The maximum atomic E-state index is 5.52. The van der Waals surface area contributed by atoms with E-state index in [1.165, 1.54) is 45.2 Å². The fourth-order valence-corrected chi connectivity index (χ4v) is 4.14. The van der Waals surface area contributed by atoms with Gasteiger partial charge in [0.25, 0.3) is 0 Å². The standard InChI is InChI=1S/C17H28N4O/c1-20-9-2-10-21(13-17(20)5-7-18-8-6-17)12-15-11-16(22-19-15)14-3-4-14/h11,14,18H,2-10,12-13H2,1H3. The van der Waals surface area contributed by atoms with Crippen LogP contribution in [0.3, 0.4) is 0 Å². The minimum atomic E-state index is 0.352. The zero-order valence-corrected chi connectivity index (χ0v) is 13.7. The molecule has 0 bridgehead atoms. The predicted molar refractivity (Wildman–Crippen MR) is 85.8 cm³/mol. The second-order valence-corrected chi connectivity index (χ2v) is 7.45. The summed E-state index contributed by atoms with van der Waals surface area (Å²) in [7, 11) is 2.32. The van der Waals surface area contributed by atoms with E-state index in [1.807, 2.05) is 0 Å². The first-order valence-electron chi connectivity index (χ1n) is 8.85. The van der Waals surface area contributed by atoms with Crippen molar-refractivity contribution < 1.29 is 4.52 Å². The van der Waals surface area contributed by atoms with Crippen LogP contribution < -0.4 is 5.32 Å². The molecule has 1 N–H and O–H groups in total. The number of likely N-dealkylation sites (N-methyl/N-ethyl adjacent to an activating group) is 1. The minimum absolute atomic E-state index is 0.352. The van der Waals surface area contributed by atoms with Crippen LogP contribution >= 0.6 is 0 Å². The molecule has 3 heterocycles. The molecule has 1 saturated carbocycles. The molecule has 2 aliphatic heterocycles. The average molecular weight is 304 g/mol. The Labute approximate surface area is 133 Å². The molecule has 3 fully saturated rings. The summed E-state index contributed by atoms with van der Waals surface area (Å²) in [5, 5.41) is 7.82. The molecule has 0 amide bonds. The number of nitrogens with zero attached hydrogens (tertiary/aromatic N) is 3. The maximum absolute atomic E-state index is 5.52. The van der Waals surface area contributed by atoms with E-state index in [0.717, 1.165) is 37.6 Å². The molecule has 1 aromatic heterocycles. The van der Waals surface area contributed by atoms with Crippen LogP contribution in [-0.2, 0) is 6.54 Å². The Kier molecular flexibility index (Phi) is 3.96. The lowest BCUT2D eigenvalue weighted by Crippen LogP contribution is -2.57. The molecule has 4 rings (SSSR count). The normalized spacial score (nSPS) is 27.1. The molecule has 1 spiro atoms. The van der Waals surface area contributed by atoms with Gasteiger partial charge in [-0.2, -0.15) is 0 Å². The molecular weight excluding hydrogens is 276 g/mol. The van der Waals surface area contributed by atoms with E-state index in [2.05, 4.69) is 33.4 Å². The first-order valence-corrected chi connectivity index (χ1v) is 8.85. The third-order valence-corrected chi connectivity index (χ3v) is 5.77. The fraction of sp³-hybridized carbons (Fsp3) is 0.824. The minimum Gasteiger partial charge on any atom is -0.361 e. The van der Waals surface area contributed by atoms with Gasteiger partial charge in [-0.25, -0.2) is 0 Å². The molecule has 1 aliphatic carbocycles. The molecular formula is C17H28N4O. The zero-order chi connectivity index (χ0) is 15.0. The average Bonchev–Trinajstić information content (AvgIpc) is 3.29. The number of aromatic nitrogens is 1. The molecule has 0 unspecified atom stereocenters. The van der Waals surface area contributed by atoms with Crippen molar-refractivity contribution in [2.45, 2.75) is 50.1 Å². The Morgan fingerprint density at radius 2 is 2.14 bits per heavy atom. The number of hydrogen-bond acceptors (Lipinski definition) is 5. The van der Waals surface area contributed by atoms with Crippen LogP contribution in [0.25, 0.3) is 0 Å².